The lowest BCUT2D eigenvalue weighted by Crippen LogP contribution is -2.47. The Labute approximate surface area is 76.8 Å². The second-order valence-electron chi connectivity index (χ2n) is 2.54. The molecule has 1 heterocycles. The van der Waals surface area contributed by atoms with E-state index in [0.717, 1.165) is 11.3 Å². The Morgan fingerprint density at radius 3 is 2.38 bits per heavy atom. The average Bonchev–Trinajstić information content (AvgIpc) is 2.52. The highest BCUT2D eigenvalue weighted by molar-refractivity contribution is 7.10. The van der Waals surface area contributed by atoms with Crippen molar-refractivity contribution in [3.8, 4) is 0 Å². The fraction of sp³-hybridized carbons (Fsp3) is 0.429. The molecule has 0 aromatic carbocycles. The smallest absolute Gasteiger partial charge is 0.375 e. The van der Waals surface area contributed by atoms with Crippen LogP contribution in [-0.2, 0) is 5.60 Å². The van der Waals surface area contributed by atoms with Gasteiger partial charge in [0.15, 0.2) is 0 Å². The molecule has 3 N–H and O–H groups in total. The second-order valence-corrected chi connectivity index (χ2v) is 3.49. The van der Waals surface area contributed by atoms with Crippen molar-refractivity contribution in [2.45, 2.75) is 11.8 Å². The third-order valence-electron chi connectivity index (χ3n) is 1.69. The van der Waals surface area contributed by atoms with Gasteiger partial charge in [0.1, 0.15) is 0 Å². The quantitative estimate of drug-likeness (QED) is 0.777. The summed E-state index contributed by atoms with van der Waals surface area (Å²) in [4.78, 5) is -0.178. The molecular formula is C7H8F3NOS. The molecule has 0 saturated carbocycles. The molecule has 0 aliphatic heterocycles. The molecule has 0 unspecified atom stereocenters. The van der Waals surface area contributed by atoms with Gasteiger partial charge in [0.2, 0.25) is 5.60 Å². The number of hydrogen-bond donors (Lipinski definition) is 2. The highest BCUT2D eigenvalue weighted by Gasteiger charge is 2.54. The third-order valence-corrected chi connectivity index (χ3v) is 2.71. The van der Waals surface area contributed by atoms with Crippen molar-refractivity contribution in [1.82, 2.24) is 0 Å². The number of nitrogens with two attached hydrogens (primary N) is 1. The van der Waals surface area contributed by atoms with E-state index < -0.39 is 18.3 Å². The molecule has 1 atom stereocenters. The lowest BCUT2D eigenvalue weighted by Gasteiger charge is -2.27. The van der Waals surface area contributed by atoms with Crippen LogP contribution in [-0.4, -0.2) is 17.8 Å². The summed E-state index contributed by atoms with van der Waals surface area (Å²) in [5.74, 6) is 0. The fourth-order valence-electron chi connectivity index (χ4n) is 0.870. The maximum absolute atomic E-state index is 12.3. The average molecular weight is 211 g/mol. The van der Waals surface area contributed by atoms with Gasteiger partial charge in [-0.05, 0) is 11.4 Å². The van der Waals surface area contributed by atoms with Gasteiger partial charge in [0, 0.05) is 11.4 Å². The summed E-state index contributed by atoms with van der Waals surface area (Å²) in [5, 5.41) is 10.7. The Morgan fingerprint density at radius 1 is 1.46 bits per heavy atom. The van der Waals surface area contributed by atoms with Crippen LogP contribution in [0.25, 0.3) is 0 Å². The van der Waals surface area contributed by atoms with Gasteiger partial charge in [0.25, 0.3) is 0 Å². The van der Waals surface area contributed by atoms with Crippen LogP contribution in [0.3, 0.4) is 0 Å². The normalized spacial score (nSPS) is 17.0. The van der Waals surface area contributed by atoms with Crippen LogP contribution in [0.1, 0.15) is 4.88 Å². The van der Waals surface area contributed by atoms with Crippen LogP contribution in [0, 0.1) is 0 Å². The van der Waals surface area contributed by atoms with E-state index in [-0.39, 0.29) is 4.88 Å². The molecule has 0 amide bonds. The zero-order chi connectivity index (χ0) is 10.1. The van der Waals surface area contributed by atoms with Gasteiger partial charge in [-0.25, -0.2) is 0 Å². The molecule has 6 heteroatoms. The molecule has 0 bridgehead atoms. The molecular weight excluding hydrogens is 203 g/mol. The van der Waals surface area contributed by atoms with Gasteiger partial charge >= 0.3 is 6.18 Å². The first kappa shape index (κ1) is 10.5. The number of aliphatic hydroxyl groups is 1. The van der Waals surface area contributed by atoms with E-state index >= 15 is 0 Å². The van der Waals surface area contributed by atoms with Crippen molar-refractivity contribution in [2.24, 2.45) is 5.73 Å². The molecule has 0 radical (unpaired) electrons. The maximum atomic E-state index is 12.3. The Morgan fingerprint density at radius 2 is 2.08 bits per heavy atom. The minimum Gasteiger partial charge on any atom is -0.375 e. The molecule has 1 aromatic rings. The minimum absolute atomic E-state index is 0.178. The van der Waals surface area contributed by atoms with E-state index in [1.54, 1.807) is 0 Å². The third kappa shape index (κ3) is 1.70. The van der Waals surface area contributed by atoms with Crippen LogP contribution >= 0.6 is 11.3 Å². The van der Waals surface area contributed by atoms with E-state index in [0.29, 0.717) is 0 Å². The first-order chi connectivity index (χ1) is 5.92. The summed E-state index contributed by atoms with van der Waals surface area (Å²) >= 11 is 0.831. The summed E-state index contributed by atoms with van der Waals surface area (Å²) in [6, 6.07) is 2.65. The van der Waals surface area contributed by atoms with Crippen LogP contribution in [0.2, 0.25) is 0 Å². The van der Waals surface area contributed by atoms with E-state index in [9.17, 15) is 18.3 Å². The lowest BCUT2D eigenvalue weighted by molar-refractivity contribution is -0.260. The molecule has 0 aliphatic rings. The van der Waals surface area contributed by atoms with E-state index in [1.807, 2.05) is 0 Å². The van der Waals surface area contributed by atoms with Gasteiger partial charge < -0.3 is 10.8 Å². The molecule has 0 aliphatic carbocycles. The maximum Gasteiger partial charge on any atom is 0.423 e. The number of alkyl halides is 3. The largest absolute Gasteiger partial charge is 0.423 e. The van der Waals surface area contributed by atoms with Crippen molar-refractivity contribution in [3.05, 3.63) is 22.4 Å². The van der Waals surface area contributed by atoms with Crippen molar-refractivity contribution in [2.75, 3.05) is 6.54 Å². The number of rotatable bonds is 2. The van der Waals surface area contributed by atoms with E-state index in [2.05, 4.69) is 0 Å². The SMILES string of the molecule is NC[C@](O)(c1cccs1)C(F)(F)F. The van der Waals surface area contributed by atoms with Crippen LogP contribution in [0.15, 0.2) is 17.5 Å². The molecule has 1 rings (SSSR count). The monoisotopic (exact) mass is 211 g/mol. The summed E-state index contributed by atoms with van der Waals surface area (Å²) in [7, 11) is 0. The van der Waals surface area contributed by atoms with Crippen molar-refractivity contribution < 1.29 is 18.3 Å². The first-order valence-corrected chi connectivity index (χ1v) is 4.33. The Kier molecular flexibility index (Phi) is 2.65. The predicted octanol–water partition coefficient (Wildman–Crippen LogP) is 1.46. The fourth-order valence-corrected chi connectivity index (χ4v) is 1.72. The zero-order valence-corrected chi connectivity index (χ0v) is 7.32. The Balaban J connectivity index is 3.09. The van der Waals surface area contributed by atoms with Crippen LogP contribution in [0.4, 0.5) is 13.2 Å². The van der Waals surface area contributed by atoms with Crippen molar-refractivity contribution >= 4 is 11.3 Å². The number of hydrogen-bond acceptors (Lipinski definition) is 3. The van der Waals surface area contributed by atoms with Gasteiger partial charge in [-0.3, -0.25) is 0 Å². The number of halogens is 3. The molecule has 1 aromatic heterocycles. The van der Waals surface area contributed by atoms with Gasteiger partial charge in [-0.1, -0.05) is 6.07 Å². The topological polar surface area (TPSA) is 46.2 Å². The summed E-state index contributed by atoms with van der Waals surface area (Å²) < 4.78 is 37.0. The van der Waals surface area contributed by atoms with Gasteiger partial charge in [-0.15, -0.1) is 11.3 Å². The van der Waals surface area contributed by atoms with Crippen molar-refractivity contribution in [3.63, 3.8) is 0 Å². The lowest BCUT2D eigenvalue weighted by atomic mass is 10.0. The molecule has 74 valence electrons. The molecule has 0 saturated heterocycles. The summed E-state index contributed by atoms with van der Waals surface area (Å²) in [5.41, 5.74) is 2.02. The molecule has 0 spiro atoms. The van der Waals surface area contributed by atoms with Crippen molar-refractivity contribution in [1.29, 1.82) is 0 Å². The summed E-state index contributed by atoms with van der Waals surface area (Å²) in [6.07, 6.45) is -4.73. The molecule has 2 nitrogen and oxygen atoms in total. The Bertz CT molecular complexity index is 272. The summed E-state index contributed by atoms with van der Waals surface area (Å²) in [6.45, 7) is -0.864. The zero-order valence-electron chi connectivity index (χ0n) is 6.51. The highest BCUT2D eigenvalue weighted by Crippen LogP contribution is 2.39. The number of thiophene rings is 1. The second kappa shape index (κ2) is 3.28. The molecule has 13 heavy (non-hydrogen) atoms. The van der Waals surface area contributed by atoms with Gasteiger partial charge in [-0.2, -0.15) is 13.2 Å². The standard InChI is InChI=1S/C7H8F3NOS/c8-7(9,10)6(12,4-11)5-2-1-3-13-5/h1-3,12H,4,11H2/t6-/m0/s1. The minimum atomic E-state index is -4.73. The first-order valence-electron chi connectivity index (χ1n) is 3.45. The molecule has 0 fully saturated rings. The van der Waals surface area contributed by atoms with Crippen LogP contribution < -0.4 is 5.73 Å². The predicted molar refractivity (Wildman–Crippen MR) is 43.3 cm³/mol. The van der Waals surface area contributed by atoms with Gasteiger partial charge in [0.05, 0.1) is 0 Å². The van der Waals surface area contributed by atoms with E-state index in [1.165, 1.54) is 17.5 Å². The van der Waals surface area contributed by atoms with Crippen LogP contribution in [0.5, 0.6) is 0 Å². The van der Waals surface area contributed by atoms with E-state index in [4.69, 9.17) is 5.73 Å². The highest BCUT2D eigenvalue weighted by atomic mass is 32.1. The Hall–Kier alpha value is -0.590.